The molecule has 3 N–H and O–H groups in total. The lowest BCUT2D eigenvalue weighted by atomic mass is 10.0. The molecule has 0 aliphatic carbocycles. The van der Waals surface area contributed by atoms with Crippen LogP contribution in [0.5, 0.6) is 0 Å². The van der Waals surface area contributed by atoms with Crippen molar-refractivity contribution in [3.63, 3.8) is 0 Å². The molecule has 0 saturated heterocycles. The number of nitrogens with two attached hydrogens (primary N) is 1. The van der Waals surface area contributed by atoms with Crippen LogP contribution in [-0.2, 0) is 0 Å². The van der Waals surface area contributed by atoms with Gasteiger partial charge in [-0.05, 0) is 24.3 Å². The molecule has 0 aliphatic heterocycles. The van der Waals surface area contributed by atoms with E-state index in [-0.39, 0.29) is 6.61 Å². The van der Waals surface area contributed by atoms with Crippen molar-refractivity contribution in [3.8, 4) is 0 Å². The van der Waals surface area contributed by atoms with Gasteiger partial charge in [-0.3, -0.25) is 4.99 Å². The highest BCUT2D eigenvalue weighted by Gasteiger charge is 2.13. The fourth-order valence-electron chi connectivity index (χ4n) is 1.86. The molecule has 3 nitrogen and oxygen atoms in total. The van der Waals surface area contributed by atoms with Gasteiger partial charge in [0, 0.05) is 26.3 Å². The number of hydrogen-bond donors (Lipinski definition) is 2. The van der Waals surface area contributed by atoms with E-state index in [0.29, 0.717) is 23.0 Å². The molecule has 0 aromatic heterocycles. The van der Waals surface area contributed by atoms with E-state index in [2.05, 4.69) is 20.9 Å². The largest absolute Gasteiger partial charge is 0.398 e. The second-order valence-corrected chi connectivity index (χ2v) is 5.49. The summed E-state index contributed by atoms with van der Waals surface area (Å²) in [6, 6.07) is 13.0. The standard InChI is InChI=1S/C15H14BrClN2O/c16-10-5-6-14(18)12(9-10)15(19-7-8-20)11-3-1-2-4-13(11)17/h1-6,9,20H,7-8,18H2. The number of aliphatic hydroxyl groups is 1. The fraction of sp³-hybridized carbons (Fsp3) is 0.133. The molecule has 0 bridgehead atoms. The molecule has 0 amide bonds. The van der Waals surface area contributed by atoms with Crippen molar-refractivity contribution in [3.05, 3.63) is 63.1 Å². The minimum Gasteiger partial charge on any atom is -0.398 e. The van der Waals surface area contributed by atoms with E-state index in [1.54, 1.807) is 6.07 Å². The number of halogens is 2. The summed E-state index contributed by atoms with van der Waals surface area (Å²) in [6.45, 7) is 0.272. The summed E-state index contributed by atoms with van der Waals surface area (Å²) in [5, 5.41) is 9.62. The number of anilines is 1. The van der Waals surface area contributed by atoms with Crippen molar-refractivity contribution >= 4 is 38.9 Å². The average molecular weight is 354 g/mol. The molecule has 0 saturated carbocycles. The van der Waals surface area contributed by atoms with Gasteiger partial charge in [-0.25, -0.2) is 0 Å². The maximum absolute atomic E-state index is 9.02. The van der Waals surface area contributed by atoms with Crippen LogP contribution in [0.3, 0.4) is 0 Å². The third-order valence-corrected chi connectivity index (χ3v) is 3.59. The SMILES string of the molecule is Nc1ccc(Br)cc1C(=NCCO)c1ccccc1Cl. The summed E-state index contributed by atoms with van der Waals surface area (Å²) in [4.78, 5) is 4.43. The Balaban J connectivity index is 2.60. The van der Waals surface area contributed by atoms with Gasteiger partial charge in [-0.2, -0.15) is 0 Å². The van der Waals surface area contributed by atoms with E-state index in [1.165, 1.54) is 0 Å². The molecular formula is C15H14BrClN2O. The first-order chi connectivity index (χ1) is 9.63. The zero-order chi connectivity index (χ0) is 14.5. The topological polar surface area (TPSA) is 58.6 Å². The van der Waals surface area contributed by atoms with Gasteiger partial charge in [0.15, 0.2) is 0 Å². The lowest BCUT2D eigenvalue weighted by Crippen LogP contribution is -2.09. The highest BCUT2D eigenvalue weighted by Crippen LogP contribution is 2.25. The number of nitrogen functional groups attached to an aromatic ring is 1. The second-order valence-electron chi connectivity index (χ2n) is 4.17. The van der Waals surface area contributed by atoms with E-state index in [0.717, 1.165) is 15.6 Å². The van der Waals surface area contributed by atoms with Crippen molar-refractivity contribution in [2.45, 2.75) is 0 Å². The van der Waals surface area contributed by atoms with Crippen LogP contribution in [0.15, 0.2) is 51.9 Å². The molecule has 0 spiro atoms. The third-order valence-electron chi connectivity index (χ3n) is 2.77. The summed E-state index contributed by atoms with van der Waals surface area (Å²) in [7, 11) is 0. The first-order valence-corrected chi connectivity index (χ1v) is 7.26. The predicted octanol–water partition coefficient (Wildman–Crippen LogP) is 3.51. The molecule has 2 aromatic carbocycles. The first-order valence-electron chi connectivity index (χ1n) is 6.09. The summed E-state index contributed by atoms with van der Waals surface area (Å²) < 4.78 is 0.908. The van der Waals surface area contributed by atoms with E-state index in [1.807, 2.05) is 36.4 Å². The fourth-order valence-corrected chi connectivity index (χ4v) is 2.45. The van der Waals surface area contributed by atoms with Crippen molar-refractivity contribution < 1.29 is 5.11 Å². The van der Waals surface area contributed by atoms with Gasteiger partial charge >= 0.3 is 0 Å². The molecule has 0 radical (unpaired) electrons. The van der Waals surface area contributed by atoms with E-state index < -0.39 is 0 Å². The van der Waals surface area contributed by atoms with Crippen LogP contribution >= 0.6 is 27.5 Å². The zero-order valence-corrected chi connectivity index (χ0v) is 13.0. The number of aliphatic imine (C=N–C) groups is 1. The normalized spacial score (nSPS) is 11.7. The second kappa shape index (κ2) is 6.88. The van der Waals surface area contributed by atoms with E-state index >= 15 is 0 Å². The van der Waals surface area contributed by atoms with E-state index in [9.17, 15) is 0 Å². The monoisotopic (exact) mass is 352 g/mol. The number of rotatable bonds is 4. The summed E-state index contributed by atoms with van der Waals surface area (Å²) >= 11 is 9.68. The zero-order valence-electron chi connectivity index (χ0n) is 10.7. The highest BCUT2D eigenvalue weighted by atomic mass is 79.9. The molecule has 104 valence electrons. The molecule has 0 atom stereocenters. The summed E-state index contributed by atoms with van der Waals surface area (Å²) in [6.07, 6.45) is 0. The molecule has 0 aliphatic rings. The molecule has 0 fully saturated rings. The van der Waals surface area contributed by atoms with Crippen LogP contribution in [0.25, 0.3) is 0 Å². The van der Waals surface area contributed by atoms with Crippen LogP contribution in [0.4, 0.5) is 5.69 Å². The Bertz CT molecular complexity index is 644. The number of benzene rings is 2. The van der Waals surface area contributed by atoms with Crippen molar-refractivity contribution in [2.24, 2.45) is 4.99 Å². The Hall–Kier alpha value is -1.36. The van der Waals surface area contributed by atoms with Crippen LogP contribution in [0.2, 0.25) is 5.02 Å². The molecule has 5 heteroatoms. The maximum Gasteiger partial charge on any atom is 0.0756 e. The van der Waals surface area contributed by atoms with Gasteiger partial charge in [0.25, 0.3) is 0 Å². The van der Waals surface area contributed by atoms with Crippen molar-refractivity contribution in [1.29, 1.82) is 0 Å². The Morgan fingerprint density at radius 1 is 1.20 bits per heavy atom. The van der Waals surface area contributed by atoms with Gasteiger partial charge in [0.05, 0.1) is 18.9 Å². The predicted molar refractivity (Wildman–Crippen MR) is 87.6 cm³/mol. The average Bonchev–Trinajstić information content (AvgIpc) is 2.44. The van der Waals surface area contributed by atoms with Gasteiger partial charge in [0.2, 0.25) is 0 Å². The van der Waals surface area contributed by atoms with Crippen LogP contribution < -0.4 is 5.73 Å². The summed E-state index contributed by atoms with van der Waals surface area (Å²) in [5.41, 5.74) is 8.93. The first kappa shape index (κ1) is 15.0. The van der Waals surface area contributed by atoms with Gasteiger partial charge in [0.1, 0.15) is 0 Å². The van der Waals surface area contributed by atoms with Crippen molar-refractivity contribution in [1.82, 2.24) is 0 Å². The minimum absolute atomic E-state index is 0.0259. The lowest BCUT2D eigenvalue weighted by molar-refractivity contribution is 0.307. The molecule has 2 rings (SSSR count). The smallest absolute Gasteiger partial charge is 0.0756 e. The van der Waals surface area contributed by atoms with Crippen molar-refractivity contribution in [2.75, 3.05) is 18.9 Å². The molecule has 0 heterocycles. The Labute approximate surface area is 131 Å². The minimum atomic E-state index is -0.0259. The Morgan fingerprint density at radius 3 is 2.65 bits per heavy atom. The van der Waals surface area contributed by atoms with E-state index in [4.69, 9.17) is 22.4 Å². The molecule has 2 aromatic rings. The molecular weight excluding hydrogens is 340 g/mol. The molecule has 0 unspecified atom stereocenters. The van der Waals surface area contributed by atoms with Crippen LogP contribution in [0, 0.1) is 0 Å². The lowest BCUT2D eigenvalue weighted by Gasteiger charge is -2.12. The van der Waals surface area contributed by atoms with Gasteiger partial charge in [-0.15, -0.1) is 0 Å². The number of hydrogen-bond acceptors (Lipinski definition) is 3. The number of aliphatic hydroxyl groups excluding tert-OH is 1. The number of nitrogens with zero attached hydrogens (tertiary/aromatic N) is 1. The summed E-state index contributed by atoms with van der Waals surface area (Å²) in [5.74, 6) is 0. The van der Waals surface area contributed by atoms with Crippen LogP contribution in [-0.4, -0.2) is 24.0 Å². The maximum atomic E-state index is 9.02. The molecule has 20 heavy (non-hydrogen) atoms. The van der Waals surface area contributed by atoms with Crippen LogP contribution in [0.1, 0.15) is 11.1 Å². The highest BCUT2D eigenvalue weighted by molar-refractivity contribution is 9.10. The quantitative estimate of drug-likeness (QED) is 0.653. The Kier molecular flexibility index (Phi) is 5.17. The van der Waals surface area contributed by atoms with Gasteiger partial charge < -0.3 is 10.8 Å². The third kappa shape index (κ3) is 3.39. The van der Waals surface area contributed by atoms with Gasteiger partial charge in [-0.1, -0.05) is 45.7 Å². The Morgan fingerprint density at radius 2 is 1.95 bits per heavy atom.